The van der Waals surface area contributed by atoms with E-state index in [0.29, 0.717) is 24.3 Å². The van der Waals surface area contributed by atoms with Crippen LogP contribution in [0.5, 0.6) is 11.5 Å². The lowest BCUT2D eigenvalue weighted by atomic mass is 10.00. The van der Waals surface area contributed by atoms with Crippen LogP contribution < -0.4 is 64.1 Å². The topological polar surface area (TPSA) is 513 Å². The summed E-state index contributed by atoms with van der Waals surface area (Å²) in [5.41, 5.74) is 12.0. The average molecular weight is 1490 g/mol. The summed E-state index contributed by atoms with van der Waals surface area (Å²) >= 11 is 0. The van der Waals surface area contributed by atoms with E-state index >= 15 is 0 Å². The molecule has 32 heteroatoms. The van der Waals surface area contributed by atoms with Gasteiger partial charge in [0.05, 0.1) is 18.6 Å². The summed E-state index contributed by atoms with van der Waals surface area (Å²) in [7, 11) is 0. The first-order valence-electron chi connectivity index (χ1n) is 37.1. The Kier molecular flexibility index (Phi) is 38.6. The number of primary amides is 1. The Bertz CT molecular complexity index is 3260. The standard InChI is InChI=1S/C74H114N12O20/c1-42(2)19-15-13-11-9-8-10-12-14-16-20-49(89)41-59(91)77-52(32-35-60(92)93)66(97)78-51(21-17-37-75)65(96)81-56-40-47-25-29-50(30-26-47)106-74(105)63(44(5)6)84-69(100)55(39-46-23-27-48(88)28-24-46)82-67(98)53(31-34-58(76)90)79-71(102)57-22-18-38-86(57)73(104)62(43(3)4)83-68(99)54(33-36-61(94)95)80-72(103)64(45(7)87)85-70(56)101/h23-30,42-45,49,51-57,62-64,87-89H,8-22,31-41,75H2,1-7H3,(H2,76,90)(H,77,91)(H,78,97)(H,79,102)(H,80,103)(H,81,96)(H,82,98)(H,83,99)(H,84,100)(H,85,101)(H,92,93)(H,94,95). The molecule has 0 aromatic heterocycles. The van der Waals surface area contributed by atoms with E-state index in [0.717, 1.165) is 43.9 Å². The highest BCUT2D eigenvalue weighted by Crippen LogP contribution is 2.24. The van der Waals surface area contributed by atoms with E-state index in [-0.39, 0.29) is 62.3 Å². The van der Waals surface area contributed by atoms with Gasteiger partial charge in [0.2, 0.25) is 65.0 Å². The van der Waals surface area contributed by atoms with E-state index in [2.05, 4.69) is 61.7 Å². The van der Waals surface area contributed by atoms with Crippen molar-refractivity contribution in [1.29, 1.82) is 0 Å². The molecule has 1 fully saturated rings. The van der Waals surface area contributed by atoms with Gasteiger partial charge < -0.3 is 94.5 Å². The molecule has 0 saturated carbocycles. The van der Waals surface area contributed by atoms with Crippen molar-refractivity contribution >= 4 is 82.9 Å². The summed E-state index contributed by atoms with van der Waals surface area (Å²) < 4.78 is 5.77. The van der Waals surface area contributed by atoms with Gasteiger partial charge in [-0.1, -0.05) is 130 Å². The quantitative estimate of drug-likeness (QED) is 0.0199. The van der Waals surface area contributed by atoms with Crippen molar-refractivity contribution in [3.8, 4) is 11.5 Å². The summed E-state index contributed by atoms with van der Waals surface area (Å²) in [5.74, 6) is -15.5. The van der Waals surface area contributed by atoms with Crippen molar-refractivity contribution in [2.24, 2.45) is 29.2 Å². The maximum atomic E-state index is 14.9. The molecule has 12 unspecified atom stereocenters. The van der Waals surface area contributed by atoms with E-state index in [1.807, 2.05) is 0 Å². The first-order valence-corrected chi connectivity index (χ1v) is 37.1. The largest absolute Gasteiger partial charge is 0.508 e. The molecule has 590 valence electrons. The number of nitrogens with two attached hydrogens (primary N) is 2. The monoisotopic (exact) mass is 1490 g/mol. The maximum Gasteiger partial charge on any atom is 0.334 e. The predicted molar refractivity (Wildman–Crippen MR) is 388 cm³/mol. The van der Waals surface area contributed by atoms with Gasteiger partial charge in [0.1, 0.15) is 71.9 Å². The molecule has 3 aliphatic rings. The Morgan fingerprint density at radius 3 is 1.66 bits per heavy atom. The van der Waals surface area contributed by atoms with Crippen LogP contribution in [0.2, 0.25) is 0 Å². The Morgan fingerprint density at radius 2 is 1.09 bits per heavy atom. The number of carboxylic acid groups (broad SMARTS) is 2. The molecule has 11 amide bonds. The molecule has 2 aromatic carbocycles. The number of unbranched alkanes of at least 4 members (excludes halogenated alkanes) is 8. The lowest BCUT2D eigenvalue weighted by molar-refractivity contribution is -0.144. The number of nitrogens with one attached hydrogen (secondary N) is 9. The number of carbonyl (C=O) groups is 14. The smallest absolute Gasteiger partial charge is 0.334 e. The van der Waals surface area contributed by atoms with Crippen molar-refractivity contribution < 1.29 is 97.4 Å². The van der Waals surface area contributed by atoms with E-state index < -0.39 is 219 Å². The molecule has 2 bridgehead atoms. The van der Waals surface area contributed by atoms with E-state index in [1.54, 1.807) is 27.7 Å². The van der Waals surface area contributed by atoms with Gasteiger partial charge in [-0.15, -0.1) is 0 Å². The van der Waals surface area contributed by atoms with Crippen LogP contribution >= 0.6 is 0 Å². The third-order valence-electron chi connectivity index (χ3n) is 18.5. The van der Waals surface area contributed by atoms with Gasteiger partial charge in [0, 0.05) is 38.6 Å². The maximum absolute atomic E-state index is 14.9. The average Bonchev–Trinajstić information content (AvgIpc) is 1.56. The molecule has 32 nitrogen and oxygen atoms in total. The molecular weight excluding hydrogens is 1380 g/mol. The number of hydrogen-bond acceptors (Lipinski definition) is 19. The summed E-state index contributed by atoms with van der Waals surface area (Å²) in [6, 6.07) is -4.95. The highest BCUT2D eigenvalue weighted by Gasteiger charge is 2.42. The number of rotatable bonds is 36. The fourth-order valence-electron chi connectivity index (χ4n) is 12.4. The number of fused-ring (bicyclic) bond motifs is 23. The van der Waals surface area contributed by atoms with Crippen LogP contribution in [-0.2, 0) is 80.0 Å². The normalized spacial score (nSPS) is 21.6. The molecular formula is C74H114N12O20. The van der Waals surface area contributed by atoms with Crippen molar-refractivity contribution in [3.05, 3.63) is 59.7 Å². The zero-order chi connectivity index (χ0) is 78.7. The molecule has 5 rings (SSSR count). The lowest BCUT2D eigenvalue weighted by Gasteiger charge is -2.32. The minimum absolute atomic E-state index is 0.0237. The summed E-state index contributed by atoms with van der Waals surface area (Å²) in [6.45, 7) is 11.7. The molecule has 1 saturated heterocycles. The number of phenols is 1. The van der Waals surface area contributed by atoms with Crippen molar-refractivity contribution in [3.63, 3.8) is 0 Å². The number of nitrogens with zero attached hydrogens (tertiary/aromatic N) is 1. The number of carbonyl (C=O) groups excluding carboxylic acids is 12. The number of aliphatic hydroxyl groups excluding tert-OH is 2. The number of amides is 11. The number of aromatic hydroxyl groups is 1. The van der Waals surface area contributed by atoms with Gasteiger partial charge in [0.25, 0.3) is 0 Å². The Morgan fingerprint density at radius 1 is 0.566 bits per heavy atom. The van der Waals surface area contributed by atoms with Crippen molar-refractivity contribution in [2.75, 3.05) is 13.1 Å². The van der Waals surface area contributed by atoms with Crippen LogP contribution in [0.15, 0.2) is 48.5 Å². The Balaban J connectivity index is 1.75. The summed E-state index contributed by atoms with van der Waals surface area (Å²) in [4.78, 5) is 196. The highest BCUT2D eigenvalue weighted by atomic mass is 16.5. The van der Waals surface area contributed by atoms with Crippen LogP contribution in [0.3, 0.4) is 0 Å². The SMILES string of the molecule is CC(C)CCCCCCCCCCCC(O)CC(=O)NC(CCC(=O)O)C(=O)NC(CCCN)C(=O)NC1Cc2ccc(cc2)OC(=O)C(C(C)C)NC(=O)C(Cc2ccc(O)cc2)NC(=O)C(CCC(N)=O)NC(=O)C2CCCN2C(=O)C(C(C)C)NC(=O)C(CCC(=O)O)NC(=O)C(C(C)O)NC1=O. The number of aliphatic hydroxyl groups is 2. The fraction of sp³-hybridized carbons (Fsp3) is 0.649. The third kappa shape index (κ3) is 31.8. The number of aliphatic carboxylic acids is 2. The lowest BCUT2D eigenvalue weighted by Crippen LogP contribution is -2.62. The second-order valence-corrected chi connectivity index (χ2v) is 28.8. The molecule has 0 spiro atoms. The summed E-state index contributed by atoms with van der Waals surface area (Å²) in [5, 5.41) is 74.4. The number of esters is 1. The third-order valence-corrected chi connectivity index (χ3v) is 18.5. The number of carboxylic acids is 2. The number of ether oxygens (including phenoxy) is 1. The van der Waals surface area contributed by atoms with Gasteiger partial charge in [-0.05, 0) is 118 Å². The highest BCUT2D eigenvalue weighted by molar-refractivity contribution is 6.00. The van der Waals surface area contributed by atoms with Crippen LogP contribution in [-0.4, -0.2) is 199 Å². The van der Waals surface area contributed by atoms with Crippen molar-refractivity contribution in [2.45, 2.75) is 275 Å². The zero-order valence-electron chi connectivity index (χ0n) is 62.1. The number of benzene rings is 2. The number of phenolic OH excluding ortho intramolecular Hbond substituents is 1. The van der Waals surface area contributed by atoms with Crippen LogP contribution in [0, 0.1) is 17.8 Å². The van der Waals surface area contributed by atoms with E-state index in [1.165, 1.54) is 74.2 Å². The summed E-state index contributed by atoms with van der Waals surface area (Å²) in [6.07, 6.45) is 3.75. The van der Waals surface area contributed by atoms with Gasteiger partial charge in [-0.3, -0.25) is 62.3 Å². The van der Waals surface area contributed by atoms with Gasteiger partial charge in [-0.25, -0.2) is 4.79 Å². The van der Waals surface area contributed by atoms with Crippen molar-refractivity contribution in [1.82, 2.24) is 52.8 Å². The first kappa shape index (κ1) is 89.1. The van der Waals surface area contributed by atoms with Gasteiger partial charge >= 0.3 is 17.9 Å². The zero-order valence-corrected chi connectivity index (χ0v) is 62.1. The van der Waals surface area contributed by atoms with Crippen LogP contribution in [0.25, 0.3) is 0 Å². The molecule has 12 atom stereocenters. The fourth-order valence-corrected chi connectivity index (χ4v) is 12.4. The minimum atomic E-state index is -1.99. The number of hydrogen-bond donors (Lipinski definition) is 16. The second-order valence-electron chi connectivity index (χ2n) is 28.8. The molecule has 106 heavy (non-hydrogen) atoms. The predicted octanol–water partition coefficient (Wildman–Crippen LogP) is 1.58. The molecule has 3 aliphatic heterocycles. The van der Waals surface area contributed by atoms with E-state index in [9.17, 15) is 92.7 Å². The van der Waals surface area contributed by atoms with Crippen LogP contribution in [0.4, 0.5) is 0 Å². The van der Waals surface area contributed by atoms with Crippen LogP contribution in [0.1, 0.15) is 201 Å². The van der Waals surface area contributed by atoms with Gasteiger partial charge in [0.15, 0.2) is 0 Å². The Hall–Kier alpha value is -9.30. The molecule has 0 aliphatic carbocycles. The molecule has 3 heterocycles. The first-order chi connectivity index (χ1) is 50.2. The second kappa shape index (κ2) is 45.9. The molecule has 0 radical (unpaired) electrons. The Labute approximate surface area is 619 Å². The van der Waals surface area contributed by atoms with Gasteiger partial charge in [-0.2, -0.15) is 0 Å². The molecule has 2 aromatic rings. The molecule has 18 N–H and O–H groups in total. The minimum Gasteiger partial charge on any atom is -0.508 e. The van der Waals surface area contributed by atoms with E-state index in [4.69, 9.17) is 16.2 Å².